The number of nitrogens with zero attached hydrogens (tertiary/aromatic N) is 2. The van der Waals surface area contributed by atoms with Crippen LogP contribution in [0, 0.1) is 0 Å². The van der Waals surface area contributed by atoms with E-state index in [4.69, 9.17) is 5.11 Å². The van der Waals surface area contributed by atoms with Crippen molar-refractivity contribution in [2.24, 2.45) is 5.10 Å². The van der Waals surface area contributed by atoms with E-state index in [1.54, 1.807) is 19.1 Å². The van der Waals surface area contributed by atoms with Crippen LogP contribution in [0.5, 0.6) is 0 Å². The van der Waals surface area contributed by atoms with E-state index in [1.165, 1.54) is 6.21 Å². The highest BCUT2D eigenvalue weighted by Crippen LogP contribution is 1.76. The average molecular weight is 114 g/mol. The third kappa shape index (κ3) is 5.01. The molecule has 0 saturated carbocycles. The van der Waals surface area contributed by atoms with E-state index >= 15 is 0 Å². The lowest BCUT2D eigenvalue weighted by molar-refractivity contribution is 0.423. The molecule has 0 saturated heterocycles. The van der Waals surface area contributed by atoms with Crippen molar-refractivity contribution in [3.8, 4) is 0 Å². The van der Waals surface area contributed by atoms with Gasteiger partial charge in [-0.15, -0.1) is 0 Å². The van der Waals surface area contributed by atoms with Crippen LogP contribution in [-0.2, 0) is 0 Å². The van der Waals surface area contributed by atoms with Crippen LogP contribution in [-0.4, -0.2) is 30.4 Å². The average Bonchev–Trinajstić information content (AvgIpc) is 1.61. The number of rotatable bonds is 2. The molecule has 3 nitrogen and oxygen atoms in total. The van der Waals surface area contributed by atoms with Crippen LogP contribution < -0.4 is 0 Å². The maximum absolute atomic E-state index is 8.43. The maximum Gasteiger partial charge on any atom is 0.128 e. The third-order valence-corrected chi connectivity index (χ3v) is 0.438. The van der Waals surface area contributed by atoms with Gasteiger partial charge in [-0.1, -0.05) is 6.58 Å². The van der Waals surface area contributed by atoms with Gasteiger partial charge in [-0.05, 0) is 0 Å². The van der Waals surface area contributed by atoms with Crippen LogP contribution in [0.2, 0.25) is 0 Å². The van der Waals surface area contributed by atoms with Crippen LogP contribution in [0.1, 0.15) is 0 Å². The number of hydrogen-bond acceptors (Lipinski definition) is 3. The third-order valence-electron chi connectivity index (χ3n) is 0.438. The molecule has 0 bridgehead atoms. The summed E-state index contributed by atoms with van der Waals surface area (Å²) in [6.45, 7) is 3.21. The van der Waals surface area contributed by atoms with Crippen molar-refractivity contribution in [3.05, 3.63) is 12.3 Å². The van der Waals surface area contributed by atoms with Gasteiger partial charge in [0.25, 0.3) is 0 Å². The monoisotopic (exact) mass is 114 g/mol. The number of allylic oxidation sites excluding steroid dienone is 1. The van der Waals surface area contributed by atoms with Gasteiger partial charge < -0.3 is 10.1 Å². The second-order valence-electron chi connectivity index (χ2n) is 1.58. The Morgan fingerprint density at radius 2 is 2.25 bits per heavy atom. The lowest BCUT2D eigenvalue weighted by atomic mass is 10.6. The predicted molar refractivity (Wildman–Crippen MR) is 33.9 cm³/mol. The van der Waals surface area contributed by atoms with Crippen molar-refractivity contribution >= 4 is 6.21 Å². The summed E-state index contributed by atoms with van der Waals surface area (Å²) in [5.74, 6) is -0.0290. The number of aliphatic hydroxyl groups excluding tert-OH is 1. The molecule has 0 aliphatic rings. The van der Waals surface area contributed by atoms with Crippen LogP contribution in [0.4, 0.5) is 0 Å². The number of hydrazone groups is 1. The highest BCUT2D eigenvalue weighted by molar-refractivity contribution is 5.73. The van der Waals surface area contributed by atoms with E-state index in [0.29, 0.717) is 0 Å². The summed E-state index contributed by atoms with van der Waals surface area (Å²) in [5.41, 5.74) is 0. The smallest absolute Gasteiger partial charge is 0.128 e. The van der Waals surface area contributed by atoms with Crippen molar-refractivity contribution in [1.82, 2.24) is 5.01 Å². The molecule has 8 heavy (non-hydrogen) atoms. The van der Waals surface area contributed by atoms with Crippen molar-refractivity contribution in [3.63, 3.8) is 0 Å². The van der Waals surface area contributed by atoms with Gasteiger partial charge in [0, 0.05) is 14.1 Å². The lowest BCUT2D eigenvalue weighted by Gasteiger charge is -2.00. The first kappa shape index (κ1) is 7.01. The first-order chi connectivity index (χ1) is 3.63. The van der Waals surface area contributed by atoms with Crippen molar-refractivity contribution < 1.29 is 5.11 Å². The molecule has 3 heteroatoms. The quantitative estimate of drug-likeness (QED) is 0.324. The maximum atomic E-state index is 8.43. The summed E-state index contributed by atoms with van der Waals surface area (Å²) in [5, 5.41) is 13.7. The summed E-state index contributed by atoms with van der Waals surface area (Å²) in [6.07, 6.45) is 1.28. The molecule has 0 radical (unpaired) electrons. The SMILES string of the molecule is C=C(O)C=NN(C)C. The highest BCUT2D eigenvalue weighted by atomic mass is 16.3. The van der Waals surface area contributed by atoms with E-state index in [-0.39, 0.29) is 5.76 Å². The molecule has 0 fully saturated rings. The van der Waals surface area contributed by atoms with Crippen molar-refractivity contribution in [1.29, 1.82) is 0 Å². The van der Waals surface area contributed by atoms with Gasteiger partial charge in [-0.3, -0.25) is 0 Å². The second-order valence-corrected chi connectivity index (χ2v) is 1.58. The van der Waals surface area contributed by atoms with Gasteiger partial charge in [-0.25, -0.2) is 0 Å². The fourth-order valence-corrected chi connectivity index (χ4v) is 0.182. The van der Waals surface area contributed by atoms with E-state index < -0.39 is 0 Å². The molecule has 0 aromatic heterocycles. The minimum atomic E-state index is -0.0290. The van der Waals surface area contributed by atoms with Gasteiger partial charge in [0.15, 0.2) is 0 Å². The van der Waals surface area contributed by atoms with Gasteiger partial charge in [0.1, 0.15) is 5.76 Å². The van der Waals surface area contributed by atoms with Crippen molar-refractivity contribution in [2.75, 3.05) is 14.1 Å². The number of hydrogen-bond donors (Lipinski definition) is 1. The van der Waals surface area contributed by atoms with E-state index in [0.717, 1.165) is 0 Å². The summed E-state index contributed by atoms with van der Waals surface area (Å²) in [7, 11) is 3.53. The molecule has 0 spiro atoms. The predicted octanol–water partition coefficient (Wildman–Crippen LogP) is 0.605. The molecule has 0 aliphatic carbocycles. The topological polar surface area (TPSA) is 35.8 Å². The standard InChI is InChI=1S/C5H10N2O/c1-5(8)4-6-7(2)3/h4,8H,1H2,2-3H3. The van der Waals surface area contributed by atoms with Crippen LogP contribution in [0.3, 0.4) is 0 Å². The van der Waals surface area contributed by atoms with Crippen LogP contribution >= 0.6 is 0 Å². The van der Waals surface area contributed by atoms with Gasteiger partial charge in [0.2, 0.25) is 0 Å². The van der Waals surface area contributed by atoms with Crippen LogP contribution in [0.25, 0.3) is 0 Å². The zero-order chi connectivity index (χ0) is 6.57. The molecule has 1 N–H and O–H groups in total. The highest BCUT2D eigenvalue weighted by Gasteiger charge is 1.77. The normalized spacial score (nSPS) is 9.75. The molecule has 0 amide bonds. The molecule has 0 aliphatic heterocycles. The molecule has 0 rings (SSSR count). The Labute approximate surface area is 48.9 Å². The first-order valence-electron chi connectivity index (χ1n) is 2.22. The number of aliphatic hydroxyl groups is 1. The van der Waals surface area contributed by atoms with Gasteiger partial charge in [0.05, 0.1) is 6.21 Å². The fraction of sp³-hybridized carbons (Fsp3) is 0.400. The molecule has 46 valence electrons. The first-order valence-corrected chi connectivity index (χ1v) is 2.22. The summed E-state index contributed by atoms with van der Waals surface area (Å²) < 4.78 is 0. The molecule has 0 aromatic carbocycles. The summed E-state index contributed by atoms with van der Waals surface area (Å²) >= 11 is 0. The summed E-state index contributed by atoms with van der Waals surface area (Å²) in [6, 6.07) is 0. The minimum Gasteiger partial charge on any atom is -0.507 e. The zero-order valence-electron chi connectivity index (χ0n) is 5.13. The molecule has 0 unspecified atom stereocenters. The fourth-order valence-electron chi connectivity index (χ4n) is 0.182. The summed E-state index contributed by atoms with van der Waals surface area (Å²) in [4.78, 5) is 0. The molecule has 0 aromatic rings. The Hall–Kier alpha value is -0.990. The Balaban J connectivity index is 3.50. The van der Waals surface area contributed by atoms with Gasteiger partial charge in [-0.2, -0.15) is 5.10 Å². The van der Waals surface area contributed by atoms with E-state index in [1.807, 2.05) is 0 Å². The largest absolute Gasteiger partial charge is 0.507 e. The van der Waals surface area contributed by atoms with E-state index in [2.05, 4.69) is 11.7 Å². The molecular weight excluding hydrogens is 104 g/mol. The lowest BCUT2D eigenvalue weighted by Crippen LogP contribution is -2.01. The zero-order valence-corrected chi connectivity index (χ0v) is 5.13. The van der Waals surface area contributed by atoms with Gasteiger partial charge >= 0.3 is 0 Å². The van der Waals surface area contributed by atoms with Crippen LogP contribution in [0.15, 0.2) is 17.4 Å². The Kier molecular flexibility index (Phi) is 2.69. The molecular formula is C5H10N2O. The second kappa shape index (κ2) is 3.07. The van der Waals surface area contributed by atoms with E-state index in [9.17, 15) is 0 Å². The minimum absolute atomic E-state index is 0.0290. The Morgan fingerprint density at radius 1 is 1.75 bits per heavy atom. The molecule has 0 atom stereocenters. The van der Waals surface area contributed by atoms with Crippen molar-refractivity contribution in [2.45, 2.75) is 0 Å². The Morgan fingerprint density at radius 3 is 2.38 bits per heavy atom. The molecule has 0 heterocycles. The Bertz CT molecular complexity index is 107.